The molecule has 0 spiro atoms. The smallest absolute Gasteiger partial charge is 0.148 e. The van der Waals surface area contributed by atoms with Crippen LogP contribution in [0.4, 0.5) is 0 Å². The van der Waals surface area contributed by atoms with Gasteiger partial charge in [0.15, 0.2) is 0 Å². The van der Waals surface area contributed by atoms with E-state index in [2.05, 4.69) is 10.3 Å². The molecule has 0 amide bonds. The van der Waals surface area contributed by atoms with E-state index in [1.54, 1.807) is 11.3 Å². The molecule has 6 heteroatoms. The summed E-state index contributed by atoms with van der Waals surface area (Å²) in [6.07, 6.45) is 1.25. The van der Waals surface area contributed by atoms with Gasteiger partial charge in [-0.25, -0.2) is 13.4 Å². The fourth-order valence-electron chi connectivity index (χ4n) is 1.57. The average molecular weight is 262 g/mol. The average Bonchev–Trinajstić information content (AvgIpc) is 2.47. The zero-order valence-electron chi connectivity index (χ0n) is 10.0. The van der Waals surface area contributed by atoms with Gasteiger partial charge in [-0.15, -0.1) is 11.3 Å². The maximum atomic E-state index is 11.1. The molecule has 0 aliphatic rings. The summed E-state index contributed by atoms with van der Waals surface area (Å²) in [7, 11) is -2.93. The van der Waals surface area contributed by atoms with E-state index >= 15 is 0 Å². The largest absolute Gasteiger partial charge is 0.305 e. The van der Waals surface area contributed by atoms with E-state index in [0.29, 0.717) is 0 Å². The van der Waals surface area contributed by atoms with Crippen molar-refractivity contribution in [3.05, 3.63) is 16.1 Å². The number of aromatic nitrogens is 1. The van der Waals surface area contributed by atoms with Gasteiger partial charge in [-0.1, -0.05) is 0 Å². The Balaban J connectivity index is 2.55. The van der Waals surface area contributed by atoms with E-state index in [1.165, 1.54) is 6.26 Å². The Morgan fingerprint density at radius 2 is 2.12 bits per heavy atom. The lowest BCUT2D eigenvalue weighted by Crippen LogP contribution is -2.34. The standard InChI is InChI=1S/C10H18N2O2S2/c1-7-5-15-10(12-7)9(3)11-8(2)6-16(4,13)14/h5,8-9,11H,6H2,1-4H3. The van der Waals surface area contributed by atoms with Crippen molar-refractivity contribution in [2.75, 3.05) is 12.0 Å². The van der Waals surface area contributed by atoms with Crippen molar-refractivity contribution in [3.63, 3.8) is 0 Å². The van der Waals surface area contributed by atoms with Crippen LogP contribution in [0.5, 0.6) is 0 Å². The minimum atomic E-state index is -2.93. The molecule has 2 unspecified atom stereocenters. The summed E-state index contributed by atoms with van der Waals surface area (Å²) in [5.41, 5.74) is 1.00. The predicted molar refractivity (Wildman–Crippen MR) is 67.6 cm³/mol. The molecule has 0 saturated carbocycles. The summed E-state index contributed by atoms with van der Waals surface area (Å²) in [4.78, 5) is 4.37. The summed E-state index contributed by atoms with van der Waals surface area (Å²) < 4.78 is 22.2. The van der Waals surface area contributed by atoms with Crippen LogP contribution in [0, 0.1) is 6.92 Å². The molecule has 1 aromatic heterocycles. The Morgan fingerprint density at radius 1 is 1.50 bits per heavy atom. The Labute approximate surface area is 101 Å². The number of nitrogens with zero attached hydrogens (tertiary/aromatic N) is 1. The number of rotatable bonds is 5. The zero-order chi connectivity index (χ0) is 12.3. The molecule has 4 nitrogen and oxygen atoms in total. The third kappa shape index (κ3) is 4.59. The first-order valence-corrected chi connectivity index (χ1v) is 8.08. The molecule has 1 aromatic rings. The topological polar surface area (TPSA) is 59.1 Å². The highest BCUT2D eigenvalue weighted by Gasteiger charge is 2.15. The molecule has 0 aromatic carbocycles. The van der Waals surface area contributed by atoms with Gasteiger partial charge in [0.2, 0.25) is 0 Å². The van der Waals surface area contributed by atoms with Crippen LogP contribution >= 0.6 is 11.3 Å². The van der Waals surface area contributed by atoms with E-state index in [-0.39, 0.29) is 17.8 Å². The second kappa shape index (κ2) is 5.25. The highest BCUT2D eigenvalue weighted by molar-refractivity contribution is 7.90. The fourth-order valence-corrected chi connectivity index (χ4v) is 3.39. The molecular weight excluding hydrogens is 244 g/mol. The van der Waals surface area contributed by atoms with Crippen molar-refractivity contribution < 1.29 is 8.42 Å². The number of aryl methyl sites for hydroxylation is 1. The number of sulfone groups is 1. The maximum Gasteiger partial charge on any atom is 0.148 e. The van der Waals surface area contributed by atoms with Crippen molar-refractivity contribution in [3.8, 4) is 0 Å². The molecular formula is C10H18N2O2S2. The van der Waals surface area contributed by atoms with Crippen LogP contribution in [0.15, 0.2) is 5.38 Å². The Morgan fingerprint density at radius 3 is 2.56 bits per heavy atom. The zero-order valence-corrected chi connectivity index (χ0v) is 11.7. The molecule has 0 bridgehead atoms. The van der Waals surface area contributed by atoms with Gasteiger partial charge in [-0.3, -0.25) is 0 Å². The quantitative estimate of drug-likeness (QED) is 0.874. The number of thiazole rings is 1. The number of nitrogens with one attached hydrogen (secondary N) is 1. The molecule has 0 aliphatic heterocycles. The molecule has 1 N–H and O–H groups in total. The van der Waals surface area contributed by atoms with Crippen LogP contribution in [0.3, 0.4) is 0 Å². The van der Waals surface area contributed by atoms with Crippen LogP contribution in [-0.4, -0.2) is 31.5 Å². The second-order valence-electron chi connectivity index (χ2n) is 4.21. The van der Waals surface area contributed by atoms with E-state index in [1.807, 2.05) is 26.2 Å². The molecule has 16 heavy (non-hydrogen) atoms. The SMILES string of the molecule is Cc1csc(C(C)NC(C)CS(C)(=O)=O)n1. The first kappa shape index (κ1) is 13.6. The van der Waals surface area contributed by atoms with Gasteiger partial charge in [0.1, 0.15) is 14.8 Å². The molecule has 0 aliphatic carbocycles. The van der Waals surface area contributed by atoms with Crippen molar-refractivity contribution in [2.24, 2.45) is 0 Å². The van der Waals surface area contributed by atoms with Crippen LogP contribution in [0.2, 0.25) is 0 Å². The van der Waals surface area contributed by atoms with Crippen molar-refractivity contribution >= 4 is 21.2 Å². The normalized spacial score (nSPS) is 16.0. The third-order valence-corrected chi connectivity index (χ3v) is 4.35. The van der Waals surface area contributed by atoms with Crippen molar-refractivity contribution in [2.45, 2.75) is 32.9 Å². The van der Waals surface area contributed by atoms with Gasteiger partial charge in [0.25, 0.3) is 0 Å². The summed E-state index contributed by atoms with van der Waals surface area (Å²) in [5, 5.41) is 6.23. The van der Waals surface area contributed by atoms with Gasteiger partial charge in [-0.2, -0.15) is 0 Å². The number of hydrogen-bond donors (Lipinski definition) is 1. The fraction of sp³-hybridized carbons (Fsp3) is 0.700. The monoisotopic (exact) mass is 262 g/mol. The first-order valence-electron chi connectivity index (χ1n) is 5.13. The van der Waals surface area contributed by atoms with Crippen LogP contribution in [-0.2, 0) is 9.84 Å². The van der Waals surface area contributed by atoms with E-state index < -0.39 is 9.84 Å². The Bertz CT molecular complexity index is 439. The Kier molecular flexibility index (Phi) is 4.46. The van der Waals surface area contributed by atoms with Crippen LogP contribution in [0.1, 0.15) is 30.6 Å². The lowest BCUT2D eigenvalue weighted by atomic mass is 10.3. The summed E-state index contributed by atoms with van der Waals surface area (Å²) in [6.45, 7) is 5.82. The van der Waals surface area contributed by atoms with E-state index in [0.717, 1.165) is 10.7 Å². The molecule has 0 fully saturated rings. The van der Waals surface area contributed by atoms with Gasteiger partial charge in [-0.05, 0) is 20.8 Å². The van der Waals surface area contributed by atoms with Crippen molar-refractivity contribution in [1.29, 1.82) is 0 Å². The highest BCUT2D eigenvalue weighted by atomic mass is 32.2. The maximum absolute atomic E-state index is 11.1. The highest BCUT2D eigenvalue weighted by Crippen LogP contribution is 2.17. The van der Waals surface area contributed by atoms with Crippen LogP contribution in [0.25, 0.3) is 0 Å². The summed E-state index contributed by atoms with van der Waals surface area (Å²) in [5.74, 6) is 0.154. The lowest BCUT2D eigenvalue weighted by Gasteiger charge is -2.17. The molecule has 1 rings (SSSR count). The molecule has 2 atom stereocenters. The number of hydrogen-bond acceptors (Lipinski definition) is 5. The lowest BCUT2D eigenvalue weighted by molar-refractivity contribution is 0.499. The molecule has 0 radical (unpaired) electrons. The summed E-state index contributed by atoms with van der Waals surface area (Å²) in [6, 6.07) is 0.0321. The van der Waals surface area contributed by atoms with Gasteiger partial charge in [0.05, 0.1) is 11.8 Å². The predicted octanol–water partition coefficient (Wildman–Crippen LogP) is 1.54. The molecule has 0 saturated heterocycles. The third-order valence-electron chi connectivity index (χ3n) is 2.09. The summed E-state index contributed by atoms with van der Waals surface area (Å²) >= 11 is 1.59. The minimum Gasteiger partial charge on any atom is -0.305 e. The minimum absolute atomic E-state index is 0.0609. The van der Waals surface area contributed by atoms with Crippen LogP contribution < -0.4 is 5.32 Å². The molecule has 1 heterocycles. The second-order valence-corrected chi connectivity index (χ2v) is 7.28. The molecule has 92 valence electrons. The van der Waals surface area contributed by atoms with Crippen molar-refractivity contribution in [1.82, 2.24) is 10.3 Å². The first-order chi connectivity index (χ1) is 7.28. The van der Waals surface area contributed by atoms with Gasteiger partial charge < -0.3 is 5.32 Å². The van der Waals surface area contributed by atoms with Gasteiger partial charge in [0, 0.05) is 23.4 Å². The van der Waals surface area contributed by atoms with Gasteiger partial charge >= 0.3 is 0 Å². The Hall–Kier alpha value is -0.460. The van der Waals surface area contributed by atoms with E-state index in [4.69, 9.17) is 0 Å². The van der Waals surface area contributed by atoms with E-state index in [9.17, 15) is 8.42 Å².